The minimum absolute atomic E-state index is 0. The summed E-state index contributed by atoms with van der Waals surface area (Å²) in [4.78, 5) is 21.4. The van der Waals surface area contributed by atoms with Gasteiger partial charge in [-0.25, -0.2) is 0 Å². The molecule has 5 nitrogen and oxygen atoms in total. The number of carbonyl (C=O) groups is 2. The Morgan fingerprint density at radius 2 is 1.89 bits per heavy atom. The highest BCUT2D eigenvalue weighted by Crippen LogP contribution is 2.27. The van der Waals surface area contributed by atoms with Crippen molar-refractivity contribution in [3.8, 4) is 0 Å². The van der Waals surface area contributed by atoms with Gasteiger partial charge in [0.05, 0.1) is 13.7 Å². The van der Waals surface area contributed by atoms with Crippen LogP contribution in [0.5, 0.6) is 0 Å². The summed E-state index contributed by atoms with van der Waals surface area (Å²) in [5, 5.41) is 11.6. The van der Waals surface area contributed by atoms with E-state index in [-0.39, 0.29) is 24.9 Å². The van der Waals surface area contributed by atoms with Crippen LogP contribution < -0.4 is 5.32 Å². The van der Waals surface area contributed by atoms with E-state index in [9.17, 15) is 9.59 Å². The van der Waals surface area contributed by atoms with Crippen LogP contribution in [-0.4, -0.2) is 36.7 Å². The molecule has 6 heteroatoms. The predicted octanol–water partition coefficient (Wildman–Crippen LogP) is 1.59. The number of carboxylic acids is 1. The highest BCUT2D eigenvalue weighted by molar-refractivity contribution is 5.85. The van der Waals surface area contributed by atoms with Gasteiger partial charge >= 0.3 is 11.9 Å². The first-order valence-electron chi connectivity index (χ1n) is 6.13. The van der Waals surface area contributed by atoms with Crippen LogP contribution in [-0.2, 0) is 14.3 Å². The van der Waals surface area contributed by atoms with E-state index in [0.717, 1.165) is 32.1 Å². The highest BCUT2D eigenvalue weighted by atomic mass is 35.5. The number of carbonyl (C=O) groups excluding carboxylic acids is 1. The standard InChI is InChI=1S/C12H21NO4.ClH/c1-17-12(16)7-4-9-2-5-10(6-3-9)13-8-11(14)15;/h9-10,13H,2-8H2,1H3,(H,14,15);1H. The molecule has 0 aromatic carbocycles. The molecular weight excluding hydrogens is 258 g/mol. The largest absolute Gasteiger partial charge is 0.480 e. The molecule has 1 saturated carbocycles. The second-order valence-electron chi connectivity index (χ2n) is 4.61. The lowest BCUT2D eigenvalue weighted by Gasteiger charge is -2.28. The molecule has 0 bridgehead atoms. The molecule has 0 radical (unpaired) electrons. The summed E-state index contributed by atoms with van der Waals surface area (Å²) < 4.78 is 4.61. The van der Waals surface area contributed by atoms with Crippen LogP contribution in [0.15, 0.2) is 0 Å². The maximum absolute atomic E-state index is 11.0. The average molecular weight is 280 g/mol. The fraction of sp³-hybridized carbons (Fsp3) is 0.833. The predicted molar refractivity (Wildman–Crippen MR) is 69.9 cm³/mol. The van der Waals surface area contributed by atoms with Gasteiger partial charge in [-0.1, -0.05) is 0 Å². The zero-order valence-corrected chi connectivity index (χ0v) is 11.5. The summed E-state index contributed by atoms with van der Waals surface area (Å²) in [7, 11) is 1.41. The fourth-order valence-corrected chi connectivity index (χ4v) is 2.31. The van der Waals surface area contributed by atoms with Crippen LogP contribution >= 0.6 is 12.4 Å². The SMILES string of the molecule is COC(=O)CCC1CCC(NCC(=O)O)CC1.Cl. The number of ether oxygens (including phenoxy) is 1. The monoisotopic (exact) mass is 279 g/mol. The van der Waals surface area contributed by atoms with Crippen LogP contribution in [0.2, 0.25) is 0 Å². The molecule has 106 valence electrons. The molecule has 0 aliphatic heterocycles. The molecule has 0 amide bonds. The third kappa shape index (κ3) is 6.81. The van der Waals surface area contributed by atoms with Crippen molar-refractivity contribution in [2.24, 2.45) is 5.92 Å². The molecule has 1 aliphatic rings. The topological polar surface area (TPSA) is 75.6 Å². The van der Waals surface area contributed by atoms with Crippen molar-refractivity contribution in [3.05, 3.63) is 0 Å². The van der Waals surface area contributed by atoms with E-state index in [1.165, 1.54) is 7.11 Å². The third-order valence-corrected chi connectivity index (χ3v) is 3.37. The van der Waals surface area contributed by atoms with Gasteiger partial charge in [0.15, 0.2) is 0 Å². The van der Waals surface area contributed by atoms with Crippen molar-refractivity contribution < 1.29 is 19.4 Å². The van der Waals surface area contributed by atoms with Crippen LogP contribution in [0, 0.1) is 5.92 Å². The van der Waals surface area contributed by atoms with Crippen molar-refractivity contribution in [2.75, 3.05) is 13.7 Å². The molecule has 1 fully saturated rings. The van der Waals surface area contributed by atoms with Gasteiger partial charge in [0, 0.05) is 12.5 Å². The van der Waals surface area contributed by atoms with Crippen molar-refractivity contribution in [2.45, 2.75) is 44.6 Å². The second kappa shape index (κ2) is 9.16. The van der Waals surface area contributed by atoms with Gasteiger partial charge < -0.3 is 15.2 Å². The maximum atomic E-state index is 11.0. The van der Waals surface area contributed by atoms with Crippen molar-refractivity contribution in [3.63, 3.8) is 0 Å². The lowest BCUT2D eigenvalue weighted by atomic mass is 9.83. The highest BCUT2D eigenvalue weighted by Gasteiger charge is 2.21. The Morgan fingerprint density at radius 3 is 2.39 bits per heavy atom. The van der Waals surface area contributed by atoms with Gasteiger partial charge in [-0.2, -0.15) is 0 Å². The van der Waals surface area contributed by atoms with Gasteiger partial charge in [0.1, 0.15) is 0 Å². The molecule has 1 aliphatic carbocycles. The number of aliphatic carboxylic acids is 1. The Labute approximate surface area is 114 Å². The molecule has 0 unspecified atom stereocenters. The van der Waals surface area contributed by atoms with Crippen LogP contribution in [0.3, 0.4) is 0 Å². The molecule has 0 aromatic rings. The summed E-state index contributed by atoms with van der Waals surface area (Å²) in [6, 6.07) is 0.320. The van der Waals surface area contributed by atoms with Gasteiger partial charge in [0.25, 0.3) is 0 Å². The number of nitrogens with one attached hydrogen (secondary N) is 1. The summed E-state index contributed by atoms with van der Waals surface area (Å²) in [5.74, 6) is -0.370. The molecule has 0 atom stereocenters. The first-order valence-corrected chi connectivity index (χ1v) is 6.13. The zero-order valence-electron chi connectivity index (χ0n) is 10.7. The van der Waals surface area contributed by atoms with Crippen molar-refractivity contribution in [1.29, 1.82) is 0 Å². The second-order valence-corrected chi connectivity index (χ2v) is 4.61. The first kappa shape index (κ1) is 17.2. The van der Waals surface area contributed by atoms with Gasteiger partial charge in [-0.05, 0) is 38.0 Å². The first-order chi connectivity index (χ1) is 8.11. The van der Waals surface area contributed by atoms with E-state index in [1.807, 2.05) is 0 Å². The van der Waals surface area contributed by atoms with E-state index in [1.54, 1.807) is 0 Å². The van der Waals surface area contributed by atoms with E-state index in [4.69, 9.17) is 5.11 Å². The van der Waals surface area contributed by atoms with Gasteiger partial charge in [-0.15, -0.1) is 12.4 Å². The van der Waals surface area contributed by atoms with Crippen molar-refractivity contribution in [1.82, 2.24) is 5.32 Å². The van der Waals surface area contributed by atoms with Crippen LogP contribution in [0.4, 0.5) is 0 Å². The molecule has 0 spiro atoms. The Balaban J connectivity index is 0.00000289. The molecule has 18 heavy (non-hydrogen) atoms. The number of hydrogen-bond donors (Lipinski definition) is 2. The number of esters is 1. The number of methoxy groups -OCH3 is 1. The lowest BCUT2D eigenvalue weighted by molar-refractivity contribution is -0.141. The van der Waals surface area contributed by atoms with Gasteiger partial charge in [-0.3, -0.25) is 9.59 Å². The number of hydrogen-bond acceptors (Lipinski definition) is 4. The normalized spacial score (nSPS) is 22.9. The zero-order chi connectivity index (χ0) is 12.7. The third-order valence-electron chi connectivity index (χ3n) is 3.37. The van der Waals surface area contributed by atoms with E-state index in [0.29, 0.717) is 18.4 Å². The number of rotatable bonds is 6. The maximum Gasteiger partial charge on any atom is 0.317 e. The van der Waals surface area contributed by atoms with Crippen molar-refractivity contribution >= 4 is 24.3 Å². The molecule has 0 saturated heterocycles. The molecule has 2 N–H and O–H groups in total. The lowest BCUT2D eigenvalue weighted by Crippen LogP contribution is -2.36. The van der Waals surface area contributed by atoms with Gasteiger partial charge in [0.2, 0.25) is 0 Å². The van der Waals surface area contributed by atoms with E-state index < -0.39 is 5.97 Å². The summed E-state index contributed by atoms with van der Waals surface area (Å²) >= 11 is 0. The summed E-state index contributed by atoms with van der Waals surface area (Å²) in [6.45, 7) is 0.0392. The molecular formula is C12H22ClNO4. The summed E-state index contributed by atoms with van der Waals surface area (Å²) in [6.07, 6.45) is 5.51. The molecule has 0 heterocycles. The Morgan fingerprint density at radius 1 is 1.28 bits per heavy atom. The van der Waals surface area contributed by atoms with E-state index >= 15 is 0 Å². The van der Waals surface area contributed by atoms with Crippen LogP contribution in [0.1, 0.15) is 38.5 Å². The minimum atomic E-state index is -0.808. The molecule has 1 rings (SSSR count). The minimum Gasteiger partial charge on any atom is -0.480 e. The number of halogens is 1. The summed E-state index contributed by atoms with van der Waals surface area (Å²) in [5.41, 5.74) is 0. The smallest absolute Gasteiger partial charge is 0.317 e. The quantitative estimate of drug-likeness (QED) is 0.722. The Bertz CT molecular complexity index is 265. The van der Waals surface area contributed by atoms with Crippen LogP contribution in [0.25, 0.3) is 0 Å². The average Bonchev–Trinajstić information content (AvgIpc) is 2.34. The fourth-order valence-electron chi connectivity index (χ4n) is 2.31. The Hall–Kier alpha value is -0.810. The van der Waals surface area contributed by atoms with E-state index in [2.05, 4.69) is 10.1 Å². The Kier molecular flexibility index (Phi) is 8.75. The number of carboxylic acid groups (broad SMARTS) is 1. The molecule has 0 aromatic heterocycles.